The summed E-state index contributed by atoms with van der Waals surface area (Å²) >= 11 is 2.70. The minimum atomic E-state index is -0.479. The van der Waals surface area contributed by atoms with Crippen LogP contribution in [0.3, 0.4) is 0 Å². The van der Waals surface area contributed by atoms with Crippen LogP contribution < -0.4 is 16.3 Å². The highest BCUT2D eigenvalue weighted by molar-refractivity contribution is 7.15. The molecule has 0 unspecified atom stereocenters. The lowest BCUT2D eigenvalue weighted by molar-refractivity contribution is -0.384. The maximum atomic E-state index is 13.3. The Kier molecular flexibility index (Phi) is 5.90. The van der Waals surface area contributed by atoms with Gasteiger partial charge in [0.15, 0.2) is 0 Å². The first-order valence-corrected chi connectivity index (χ1v) is 11.1. The standard InChI is InChI=1S/C17H19N9O3S2/c1-3-18-15-22-20-13(30-15)8-24-11-6-5-10(26(28)29)7-12(11)25(17(24)27)9-14-21-23-16(31-14)19-4-2/h5-7H,3-4,8-9H2,1-2H3,(H,18,22)(H,19,23). The van der Waals surface area contributed by atoms with E-state index in [1.807, 2.05) is 13.8 Å². The third kappa shape index (κ3) is 4.25. The molecule has 2 N–H and O–H groups in total. The molecule has 0 aliphatic heterocycles. The van der Waals surface area contributed by atoms with E-state index in [1.165, 1.54) is 39.4 Å². The fourth-order valence-electron chi connectivity index (χ4n) is 3.08. The Labute approximate surface area is 183 Å². The van der Waals surface area contributed by atoms with Crippen molar-refractivity contribution in [1.29, 1.82) is 0 Å². The van der Waals surface area contributed by atoms with E-state index in [-0.39, 0.29) is 24.5 Å². The van der Waals surface area contributed by atoms with Crippen LogP contribution in [0.2, 0.25) is 0 Å². The van der Waals surface area contributed by atoms with Crippen LogP contribution in [-0.4, -0.2) is 47.5 Å². The third-order valence-electron chi connectivity index (χ3n) is 4.39. The fourth-order valence-corrected chi connectivity index (χ4v) is 4.67. The van der Waals surface area contributed by atoms with Crippen molar-refractivity contribution in [1.82, 2.24) is 29.5 Å². The summed E-state index contributed by atoms with van der Waals surface area (Å²) in [7, 11) is 0. The zero-order chi connectivity index (χ0) is 22.0. The molecule has 0 bridgehead atoms. The summed E-state index contributed by atoms with van der Waals surface area (Å²) in [4.78, 5) is 24.1. The zero-order valence-electron chi connectivity index (χ0n) is 16.7. The number of fused-ring (bicyclic) bond motifs is 1. The molecule has 31 heavy (non-hydrogen) atoms. The van der Waals surface area contributed by atoms with Crippen molar-refractivity contribution in [2.45, 2.75) is 26.9 Å². The number of anilines is 2. The number of benzene rings is 1. The molecule has 14 heteroatoms. The lowest BCUT2D eigenvalue weighted by atomic mass is 10.2. The molecular formula is C17H19N9O3S2. The van der Waals surface area contributed by atoms with Gasteiger partial charge < -0.3 is 10.6 Å². The first kappa shape index (κ1) is 20.9. The largest absolute Gasteiger partial charge is 0.360 e. The van der Waals surface area contributed by atoms with Crippen LogP contribution in [0.4, 0.5) is 16.0 Å². The minimum absolute atomic E-state index is 0.0886. The van der Waals surface area contributed by atoms with Gasteiger partial charge in [0.25, 0.3) is 5.69 Å². The summed E-state index contributed by atoms with van der Waals surface area (Å²) in [6, 6.07) is 4.38. The lowest BCUT2D eigenvalue weighted by Gasteiger charge is -1.99. The minimum Gasteiger partial charge on any atom is -0.360 e. The Balaban J connectivity index is 1.77. The number of nitro benzene ring substituents is 1. The molecule has 0 saturated carbocycles. The first-order valence-electron chi connectivity index (χ1n) is 9.50. The molecule has 0 spiro atoms. The summed E-state index contributed by atoms with van der Waals surface area (Å²) in [5, 5.41) is 36.5. The van der Waals surface area contributed by atoms with Crippen LogP contribution in [0.25, 0.3) is 11.0 Å². The average molecular weight is 462 g/mol. The molecule has 3 aromatic heterocycles. The SMILES string of the molecule is CCNc1nnc(Cn2c(=O)n(Cc3nnc(NCC)s3)c3cc([N+](=O)[O-])ccc32)s1. The maximum absolute atomic E-state index is 13.3. The quantitative estimate of drug-likeness (QED) is 0.283. The summed E-state index contributed by atoms with van der Waals surface area (Å²) in [5.74, 6) is 0. The van der Waals surface area contributed by atoms with E-state index in [4.69, 9.17) is 0 Å². The van der Waals surface area contributed by atoms with Crippen LogP contribution in [0.5, 0.6) is 0 Å². The van der Waals surface area contributed by atoms with Gasteiger partial charge in [0.2, 0.25) is 10.3 Å². The second-order valence-electron chi connectivity index (χ2n) is 6.45. The molecule has 0 atom stereocenters. The van der Waals surface area contributed by atoms with E-state index in [2.05, 4.69) is 31.0 Å². The van der Waals surface area contributed by atoms with Gasteiger partial charge in [-0.1, -0.05) is 22.7 Å². The Morgan fingerprint density at radius 1 is 0.935 bits per heavy atom. The smallest absolute Gasteiger partial charge is 0.329 e. The number of aromatic nitrogens is 6. The Bertz CT molecular complexity index is 1290. The van der Waals surface area contributed by atoms with Crippen molar-refractivity contribution in [2.75, 3.05) is 23.7 Å². The fraction of sp³-hybridized carbons (Fsp3) is 0.353. The summed E-state index contributed by atoms with van der Waals surface area (Å²) in [5.41, 5.74) is 0.633. The van der Waals surface area contributed by atoms with Gasteiger partial charge >= 0.3 is 5.69 Å². The number of non-ortho nitro benzene ring substituents is 1. The van der Waals surface area contributed by atoms with Crippen LogP contribution in [0.1, 0.15) is 23.9 Å². The summed E-state index contributed by atoms with van der Waals surface area (Å²) < 4.78 is 3.02. The number of rotatable bonds is 9. The van der Waals surface area contributed by atoms with E-state index in [1.54, 1.807) is 10.6 Å². The van der Waals surface area contributed by atoms with Gasteiger partial charge in [0.05, 0.1) is 29.0 Å². The number of hydrogen-bond donors (Lipinski definition) is 2. The third-order valence-corrected chi connectivity index (χ3v) is 6.12. The maximum Gasteiger partial charge on any atom is 0.329 e. The second-order valence-corrected chi connectivity index (χ2v) is 8.57. The molecule has 0 radical (unpaired) electrons. The highest BCUT2D eigenvalue weighted by Crippen LogP contribution is 2.24. The molecule has 12 nitrogen and oxygen atoms in total. The Hall–Kier alpha value is -3.39. The number of hydrogen-bond acceptors (Lipinski definition) is 11. The normalized spacial score (nSPS) is 11.2. The monoisotopic (exact) mass is 461 g/mol. The molecule has 0 aliphatic rings. The highest BCUT2D eigenvalue weighted by atomic mass is 32.1. The Morgan fingerprint density at radius 3 is 2.00 bits per heavy atom. The van der Waals surface area contributed by atoms with E-state index >= 15 is 0 Å². The van der Waals surface area contributed by atoms with Gasteiger partial charge in [0.1, 0.15) is 10.0 Å². The van der Waals surface area contributed by atoms with E-state index in [0.29, 0.717) is 44.4 Å². The molecule has 0 fully saturated rings. The molecule has 0 saturated heterocycles. The number of nitrogens with one attached hydrogen (secondary N) is 2. The summed E-state index contributed by atoms with van der Waals surface area (Å²) in [6.07, 6.45) is 0. The molecule has 0 amide bonds. The number of nitro groups is 1. The van der Waals surface area contributed by atoms with Crippen LogP contribution in [0, 0.1) is 10.1 Å². The molecule has 4 rings (SSSR count). The van der Waals surface area contributed by atoms with Gasteiger partial charge in [-0.05, 0) is 19.9 Å². The van der Waals surface area contributed by atoms with Crippen LogP contribution in [-0.2, 0) is 13.1 Å². The van der Waals surface area contributed by atoms with E-state index < -0.39 is 4.92 Å². The molecule has 3 heterocycles. The first-order chi connectivity index (χ1) is 15.0. The predicted molar refractivity (Wildman–Crippen MR) is 119 cm³/mol. The van der Waals surface area contributed by atoms with Crippen LogP contribution >= 0.6 is 22.7 Å². The summed E-state index contributed by atoms with van der Waals surface area (Å²) in [6.45, 7) is 5.70. The van der Waals surface area contributed by atoms with Gasteiger partial charge in [-0.3, -0.25) is 19.2 Å². The van der Waals surface area contributed by atoms with Crippen molar-refractivity contribution in [3.63, 3.8) is 0 Å². The predicted octanol–water partition coefficient (Wildman–Crippen LogP) is 2.37. The van der Waals surface area contributed by atoms with Crippen molar-refractivity contribution in [3.8, 4) is 0 Å². The highest BCUT2D eigenvalue weighted by Gasteiger charge is 2.19. The van der Waals surface area contributed by atoms with Gasteiger partial charge in [0, 0.05) is 25.2 Å². The van der Waals surface area contributed by atoms with Crippen molar-refractivity contribution in [2.24, 2.45) is 0 Å². The molecule has 1 aromatic carbocycles. The van der Waals surface area contributed by atoms with E-state index in [9.17, 15) is 14.9 Å². The van der Waals surface area contributed by atoms with Crippen molar-refractivity contribution >= 4 is 49.7 Å². The van der Waals surface area contributed by atoms with Crippen LogP contribution in [0.15, 0.2) is 23.0 Å². The molecule has 4 aromatic rings. The average Bonchev–Trinajstić information content (AvgIpc) is 3.44. The van der Waals surface area contributed by atoms with Crippen molar-refractivity contribution in [3.05, 3.63) is 48.8 Å². The lowest BCUT2D eigenvalue weighted by Crippen LogP contribution is -2.25. The van der Waals surface area contributed by atoms with E-state index in [0.717, 1.165) is 0 Å². The van der Waals surface area contributed by atoms with Gasteiger partial charge in [-0.15, -0.1) is 20.4 Å². The molecule has 0 aliphatic carbocycles. The van der Waals surface area contributed by atoms with Gasteiger partial charge in [-0.2, -0.15) is 0 Å². The molecule has 162 valence electrons. The van der Waals surface area contributed by atoms with Crippen molar-refractivity contribution < 1.29 is 4.92 Å². The molecular weight excluding hydrogens is 442 g/mol. The zero-order valence-corrected chi connectivity index (χ0v) is 18.4. The Morgan fingerprint density at radius 2 is 1.48 bits per heavy atom. The topological polar surface area (TPSA) is 146 Å². The number of nitrogens with zero attached hydrogens (tertiary/aromatic N) is 7. The van der Waals surface area contributed by atoms with Gasteiger partial charge in [-0.25, -0.2) is 4.79 Å². The second kappa shape index (κ2) is 8.77. The number of imidazole rings is 1.